The van der Waals surface area contributed by atoms with Crippen LogP contribution >= 0.6 is 0 Å². The molecule has 1 aromatic heterocycles. The molecule has 1 saturated heterocycles. The van der Waals surface area contributed by atoms with Crippen molar-refractivity contribution in [2.75, 3.05) is 20.2 Å². The zero-order valence-electron chi connectivity index (χ0n) is 13.7. The minimum Gasteiger partial charge on any atom is -0.469 e. The molecule has 1 aliphatic heterocycles. The van der Waals surface area contributed by atoms with Crippen LogP contribution in [0.15, 0.2) is 24.3 Å². The fraction of sp³-hybridized carbons (Fsp3) is 0.389. The number of fused-ring (bicyclic) bond motifs is 1. The number of carbonyl (C=O) groups is 2. The number of amides is 1. The number of likely N-dealkylation sites (tertiary alicyclic amines) is 1. The fourth-order valence-electron chi connectivity index (χ4n) is 3.11. The van der Waals surface area contributed by atoms with Gasteiger partial charge in [-0.2, -0.15) is 0 Å². The lowest BCUT2D eigenvalue weighted by atomic mass is 9.96. The summed E-state index contributed by atoms with van der Waals surface area (Å²) in [7, 11) is 1.38. The van der Waals surface area contributed by atoms with Gasteiger partial charge in [0.25, 0.3) is 5.91 Å². The number of halogens is 1. The quantitative estimate of drug-likeness (QED) is 0.795. The van der Waals surface area contributed by atoms with Crippen molar-refractivity contribution in [3.8, 4) is 0 Å². The molecule has 24 heavy (non-hydrogen) atoms. The normalized spacial score (nSPS) is 15.5. The van der Waals surface area contributed by atoms with E-state index >= 15 is 0 Å². The summed E-state index contributed by atoms with van der Waals surface area (Å²) in [6.45, 7) is 2.78. The van der Waals surface area contributed by atoms with Crippen LogP contribution in [-0.4, -0.2) is 42.0 Å². The van der Waals surface area contributed by atoms with E-state index < -0.39 is 0 Å². The molecule has 0 bridgehead atoms. The average molecular weight is 330 g/mol. The van der Waals surface area contributed by atoms with Crippen LogP contribution in [0, 0.1) is 18.7 Å². The first-order valence-corrected chi connectivity index (χ1v) is 7.93. The first-order valence-electron chi connectivity index (χ1n) is 7.93. The summed E-state index contributed by atoms with van der Waals surface area (Å²) in [4.78, 5) is 30.4. The third-order valence-electron chi connectivity index (χ3n) is 4.52. The Morgan fingerprint density at radius 3 is 2.62 bits per heavy atom. The number of piperidine rings is 1. The molecule has 1 amide bonds. The summed E-state index contributed by atoms with van der Waals surface area (Å²) in [6.07, 6.45) is 1.20. The number of benzene rings is 1. The van der Waals surface area contributed by atoms with Crippen molar-refractivity contribution in [1.29, 1.82) is 0 Å². The van der Waals surface area contributed by atoms with Gasteiger partial charge in [0.05, 0.1) is 29.8 Å². The van der Waals surface area contributed by atoms with Crippen molar-refractivity contribution >= 4 is 22.8 Å². The summed E-state index contributed by atoms with van der Waals surface area (Å²) < 4.78 is 18.1. The van der Waals surface area contributed by atoms with E-state index in [1.165, 1.54) is 19.2 Å². The predicted molar refractivity (Wildman–Crippen MR) is 87.1 cm³/mol. The van der Waals surface area contributed by atoms with E-state index in [0.717, 1.165) is 5.39 Å². The summed E-state index contributed by atoms with van der Waals surface area (Å²) in [6, 6.07) is 6.09. The molecule has 6 heteroatoms. The molecule has 0 atom stereocenters. The van der Waals surface area contributed by atoms with Gasteiger partial charge in [-0.15, -0.1) is 0 Å². The highest BCUT2D eigenvalue weighted by atomic mass is 19.1. The molecule has 0 saturated carbocycles. The lowest BCUT2D eigenvalue weighted by molar-refractivity contribution is -0.146. The van der Waals surface area contributed by atoms with Gasteiger partial charge in [0, 0.05) is 24.5 Å². The second kappa shape index (κ2) is 6.55. The summed E-state index contributed by atoms with van der Waals surface area (Å²) in [5.74, 6) is -0.807. The number of esters is 1. The standard InChI is InChI=1S/C18H19FN2O3/c1-11-15(9-13-3-4-14(19)10-16(13)20-11)17(22)21-7-5-12(6-8-21)18(23)24-2/h3-4,9-10,12H,5-8H2,1-2H3. The van der Waals surface area contributed by atoms with Gasteiger partial charge in [-0.1, -0.05) is 0 Å². The van der Waals surface area contributed by atoms with Crippen molar-refractivity contribution in [2.45, 2.75) is 19.8 Å². The summed E-state index contributed by atoms with van der Waals surface area (Å²) in [5, 5.41) is 0.731. The molecular formula is C18H19FN2O3. The molecular weight excluding hydrogens is 311 g/mol. The smallest absolute Gasteiger partial charge is 0.308 e. The molecule has 0 radical (unpaired) electrons. The Morgan fingerprint density at radius 2 is 1.96 bits per heavy atom. The summed E-state index contributed by atoms with van der Waals surface area (Å²) in [5.41, 5.74) is 1.63. The number of nitrogens with zero attached hydrogens (tertiary/aromatic N) is 2. The van der Waals surface area contributed by atoms with Crippen LogP contribution in [0.25, 0.3) is 10.9 Å². The van der Waals surface area contributed by atoms with Crippen molar-refractivity contribution in [3.63, 3.8) is 0 Å². The highest BCUT2D eigenvalue weighted by Crippen LogP contribution is 2.23. The van der Waals surface area contributed by atoms with Crippen molar-refractivity contribution in [3.05, 3.63) is 41.3 Å². The molecule has 1 fully saturated rings. The largest absolute Gasteiger partial charge is 0.469 e. The van der Waals surface area contributed by atoms with Crippen molar-refractivity contribution in [2.24, 2.45) is 5.92 Å². The monoisotopic (exact) mass is 330 g/mol. The van der Waals surface area contributed by atoms with Crippen LogP contribution in [-0.2, 0) is 9.53 Å². The maximum atomic E-state index is 13.3. The lowest BCUT2D eigenvalue weighted by Gasteiger charge is -2.31. The highest BCUT2D eigenvalue weighted by molar-refractivity contribution is 5.98. The van der Waals surface area contributed by atoms with Gasteiger partial charge in [0.15, 0.2) is 0 Å². The number of aromatic nitrogens is 1. The van der Waals surface area contributed by atoms with Gasteiger partial charge in [-0.25, -0.2) is 4.39 Å². The lowest BCUT2D eigenvalue weighted by Crippen LogP contribution is -2.40. The number of aryl methyl sites for hydroxylation is 1. The van der Waals surface area contributed by atoms with Crippen LogP contribution < -0.4 is 0 Å². The number of hydrogen-bond donors (Lipinski definition) is 0. The van der Waals surface area contributed by atoms with Gasteiger partial charge >= 0.3 is 5.97 Å². The molecule has 126 valence electrons. The third-order valence-corrected chi connectivity index (χ3v) is 4.52. The van der Waals surface area contributed by atoms with Crippen molar-refractivity contribution in [1.82, 2.24) is 9.88 Å². The van der Waals surface area contributed by atoms with E-state index in [2.05, 4.69) is 4.98 Å². The van der Waals surface area contributed by atoms with E-state index in [-0.39, 0.29) is 23.6 Å². The molecule has 0 N–H and O–H groups in total. The molecule has 0 unspecified atom stereocenters. The van der Waals surface area contributed by atoms with Gasteiger partial charge in [-0.05, 0) is 38.0 Å². The number of rotatable bonds is 2. The zero-order valence-corrected chi connectivity index (χ0v) is 13.7. The maximum absolute atomic E-state index is 13.3. The molecule has 1 aliphatic rings. The molecule has 1 aromatic carbocycles. The third kappa shape index (κ3) is 3.09. The van der Waals surface area contributed by atoms with Gasteiger partial charge in [0.1, 0.15) is 5.82 Å². The van der Waals surface area contributed by atoms with Gasteiger partial charge in [0.2, 0.25) is 0 Å². The van der Waals surface area contributed by atoms with Crippen LogP contribution in [0.5, 0.6) is 0 Å². The van der Waals surface area contributed by atoms with E-state index in [9.17, 15) is 14.0 Å². The molecule has 3 rings (SSSR count). The Balaban J connectivity index is 1.80. The van der Waals surface area contributed by atoms with E-state index in [1.807, 2.05) is 0 Å². The van der Waals surface area contributed by atoms with Gasteiger partial charge in [-0.3, -0.25) is 14.6 Å². The van der Waals surface area contributed by atoms with Gasteiger partial charge < -0.3 is 9.64 Å². The Hall–Kier alpha value is -2.50. The number of pyridine rings is 1. The number of carbonyl (C=O) groups excluding carboxylic acids is 2. The Morgan fingerprint density at radius 1 is 1.25 bits per heavy atom. The average Bonchev–Trinajstić information content (AvgIpc) is 2.60. The number of methoxy groups -OCH3 is 1. The minimum absolute atomic E-state index is 0.102. The van der Waals surface area contributed by atoms with Crippen LogP contribution in [0.2, 0.25) is 0 Å². The Kier molecular flexibility index (Phi) is 4.46. The first kappa shape index (κ1) is 16.4. The second-order valence-electron chi connectivity index (χ2n) is 6.05. The maximum Gasteiger partial charge on any atom is 0.308 e. The summed E-state index contributed by atoms with van der Waals surface area (Å²) >= 11 is 0. The number of hydrogen-bond acceptors (Lipinski definition) is 4. The predicted octanol–water partition coefficient (Wildman–Crippen LogP) is 2.71. The fourth-order valence-corrected chi connectivity index (χ4v) is 3.11. The topological polar surface area (TPSA) is 59.5 Å². The molecule has 0 aliphatic carbocycles. The molecule has 2 aromatic rings. The Bertz CT molecular complexity index is 798. The highest BCUT2D eigenvalue weighted by Gasteiger charge is 2.29. The number of ether oxygens (including phenoxy) is 1. The minimum atomic E-state index is -0.349. The van der Waals surface area contributed by atoms with E-state index in [4.69, 9.17) is 4.74 Å². The SMILES string of the molecule is COC(=O)C1CCN(C(=O)c2cc3ccc(F)cc3nc2C)CC1. The van der Waals surface area contributed by atoms with Crippen LogP contribution in [0.1, 0.15) is 28.9 Å². The second-order valence-corrected chi connectivity index (χ2v) is 6.05. The van der Waals surface area contributed by atoms with E-state index in [0.29, 0.717) is 42.7 Å². The van der Waals surface area contributed by atoms with E-state index in [1.54, 1.807) is 24.0 Å². The zero-order chi connectivity index (χ0) is 17.3. The first-order chi connectivity index (χ1) is 11.5. The van der Waals surface area contributed by atoms with Crippen LogP contribution in [0.4, 0.5) is 4.39 Å². The van der Waals surface area contributed by atoms with Crippen LogP contribution in [0.3, 0.4) is 0 Å². The molecule has 5 nitrogen and oxygen atoms in total. The molecule has 0 spiro atoms. The van der Waals surface area contributed by atoms with Crippen molar-refractivity contribution < 1.29 is 18.7 Å². The Labute approximate surface area is 139 Å². The molecule has 2 heterocycles.